The summed E-state index contributed by atoms with van der Waals surface area (Å²) in [5.74, 6) is -0.0200. The molecule has 0 fully saturated rings. The van der Waals surface area contributed by atoms with Crippen molar-refractivity contribution in [3.63, 3.8) is 0 Å². The minimum Gasteiger partial charge on any atom is -0.295 e. The highest BCUT2D eigenvalue weighted by atomic mass is 35.5. The maximum atomic E-state index is 12.0. The number of ketones is 1. The number of hydrogen-bond donors (Lipinski definition) is 0. The van der Waals surface area contributed by atoms with Gasteiger partial charge in [-0.3, -0.25) is 9.69 Å². The first-order valence-corrected chi connectivity index (χ1v) is 6.41. The number of Topliss-reactive ketones (excluding diaryl/α,β-unsaturated/α-hetero) is 1. The van der Waals surface area contributed by atoms with Crippen molar-refractivity contribution in [3.8, 4) is 6.07 Å². The smallest absolute Gasteiger partial charge is 0.176 e. The summed E-state index contributed by atoms with van der Waals surface area (Å²) < 4.78 is 0. The molecule has 0 amide bonds. The Kier molecular flexibility index (Phi) is 6.14. The van der Waals surface area contributed by atoms with Crippen LogP contribution in [0, 0.1) is 11.3 Å². The van der Waals surface area contributed by atoms with E-state index in [0.717, 1.165) is 6.54 Å². The van der Waals surface area contributed by atoms with E-state index >= 15 is 0 Å². The Bertz CT molecular complexity index is 469. The van der Waals surface area contributed by atoms with Crippen LogP contribution in [0.1, 0.15) is 23.7 Å². The average Bonchev–Trinajstić information content (AvgIpc) is 2.37. The van der Waals surface area contributed by atoms with Gasteiger partial charge in [0, 0.05) is 18.5 Å². The summed E-state index contributed by atoms with van der Waals surface area (Å²) in [6.07, 6.45) is 0.419. The van der Waals surface area contributed by atoms with Gasteiger partial charge < -0.3 is 0 Å². The molecule has 3 nitrogen and oxygen atoms in total. The Morgan fingerprint density at radius 1 is 1.39 bits per heavy atom. The van der Waals surface area contributed by atoms with E-state index in [4.69, 9.17) is 28.5 Å². The zero-order valence-electron chi connectivity index (χ0n) is 10.1. The standard InChI is InChI=1S/C13H14Cl2N2O/c1-2-17(7-3-6-16)9-13(18)10-4-5-11(14)12(15)8-10/h4-5,8H,2-3,7,9H2,1H3. The lowest BCUT2D eigenvalue weighted by Crippen LogP contribution is -2.30. The van der Waals surface area contributed by atoms with Gasteiger partial charge in [-0.2, -0.15) is 5.26 Å². The predicted octanol–water partition coefficient (Wildman–Crippen LogP) is 3.41. The van der Waals surface area contributed by atoms with Gasteiger partial charge in [0.25, 0.3) is 0 Å². The van der Waals surface area contributed by atoms with Crippen LogP contribution in [-0.4, -0.2) is 30.3 Å². The summed E-state index contributed by atoms with van der Waals surface area (Å²) in [6.45, 7) is 3.57. The van der Waals surface area contributed by atoms with Crippen LogP contribution in [0.2, 0.25) is 10.0 Å². The summed E-state index contributed by atoms with van der Waals surface area (Å²) in [4.78, 5) is 13.9. The first-order valence-electron chi connectivity index (χ1n) is 5.66. The number of likely N-dealkylation sites (N-methyl/N-ethyl adjacent to an activating group) is 1. The molecule has 0 saturated carbocycles. The Labute approximate surface area is 117 Å². The number of hydrogen-bond acceptors (Lipinski definition) is 3. The third kappa shape index (κ3) is 4.30. The summed E-state index contributed by atoms with van der Waals surface area (Å²) in [5.41, 5.74) is 0.541. The molecular weight excluding hydrogens is 271 g/mol. The molecular formula is C13H14Cl2N2O. The van der Waals surface area contributed by atoms with Crippen LogP contribution >= 0.6 is 23.2 Å². The van der Waals surface area contributed by atoms with Crippen LogP contribution in [0.3, 0.4) is 0 Å². The van der Waals surface area contributed by atoms with Crippen molar-refractivity contribution in [1.82, 2.24) is 4.90 Å². The van der Waals surface area contributed by atoms with Crippen molar-refractivity contribution in [2.24, 2.45) is 0 Å². The van der Waals surface area contributed by atoms with E-state index in [-0.39, 0.29) is 12.3 Å². The minimum absolute atomic E-state index is 0.0200. The van der Waals surface area contributed by atoms with Crippen molar-refractivity contribution in [2.75, 3.05) is 19.6 Å². The molecule has 1 aromatic rings. The molecule has 0 bridgehead atoms. The van der Waals surface area contributed by atoms with Gasteiger partial charge in [0.15, 0.2) is 5.78 Å². The first kappa shape index (κ1) is 15.0. The van der Waals surface area contributed by atoms with Gasteiger partial charge in [-0.1, -0.05) is 30.1 Å². The molecule has 0 aliphatic rings. The van der Waals surface area contributed by atoms with E-state index < -0.39 is 0 Å². The van der Waals surface area contributed by atoms with E-state index in [0.29, 0.717) is 28.6 Å². The van der Waals surface area contributed by atoms with Gasteiger partial charge in [0.05, 0.1) is 22.7 Å². The minimum atomic E-state index is -0.0200. The second-order valence-corrected chi connectivity index (χ2v) is 4.64. The monoisotopic (exact) mass is 284 g/mol. The molecule has 1 aromatic carbocycles. The Balaban J connectivity index is 2.69. The molecule has 0 atom stereocenters. The van der Waals surface area contributed by atoms with Gasteiger partial charge in [-0.15, -0.1) is 0 Å². The Morgan fingerprint density at radius 3 is 2.67 bits per heavy atom. The van der Waals surface area contributed by atoms with E-state index in [2.05, 4.69) is 6.07 Å². The summed E-state index contributed by atoms with van der Waals surface area (Å²) in [6, 6.07) is 6.92. The number of carbonyl (C=O) groups excluding carboxylic acids is 1. The van der Waals surface area contributed by atoms with Crippen molar-refractivity contribution in [3.05, 3.63) is 33.8 Å². The normalized spacial score (nSPS) is 10.4. The fourth-order valence-corrected chi connectivity index (χ4v) is 1.82. The van der Waals surface area contributed by atoms with Crippen LogP contribution < -0.4 is 0 Å². The van der Waals surface area contributed by atoms with Crippen molar-refractivity contribution in [1.29, 1.82) is 5.26 Å². The number of nitrogens with zero attached hydrogens (tertiary/aromatic N) is 2. The van der Waals surface area contributed by atoms with Gasteiger partial charge in [-0.25, -0.2) is 0 Å². The highest BCUT2D eigenvalue weighted by Crippen LogP contribution is 2.22. The highest BCUT2D eigenvalue weighted by Gasteiger charge is 2.12. The van der Waals surface area contributed by atoms with Gasteiger partial charge in [0.1, 0.15) is 0 Å². The quantitative estimate of drug-likeness (QED) is 0.752. The molecule has 0 heterocycles. The lowest BCUT2D eigenvalue weighted by atomic mass is 10.1. The fraction of sp³-hybridized carbons (Fsp3) is 0.385. The molecule has 96 valence electrons. The van der Waals surface area contributed by atoms with Crippen LogP contribution in [0.5, 0.6) is 0 Å². The summed E-state index contributed by atoms with van der Waals surface area (Å²) in [7, 11) is 0. The van der Waals surface area contributed by atoms with Gasteiger partial charge >= 0.3 is 0 Å². The van der Waals surface area contributed by atoms with Gasteiger partial charge in [0.2, 0.25) is 0 Å². The molecule has 0 aliphatic carbocycles. The van der Waals surface area contributed by atoms with E-state index in [9.17, 15) is 4.79 Å². The average molecular weight is 285 g/mol. The third-order valence-corrected chi connectivity index (χ3v) is 3.33. The van der Waals surface area contributed by atoms with E-state index in [1.165, 1.54) is 0 Å². The number of halogens is 2. The molecule has 0 N–H and O–H groups in total. The number of nitriles is 1. The van der Waals surface area contributed by atoms with Crippen LogP contribution in [-0.2, 0) is 0 Å². The van der Waals surface area contributed by atoms with E-state index in [1.807, 2.05) is 11.8 Å². The van der Waals surface area contributed by atoms with E-state index in [1.54, 1.807) is 18.2 Å². The molecule has 0 saturated heterocycles. The number of rotatable bonds is 6. The maximum Gasteiger partial charge on any atom is 0.176 e. The Morgan fingerprint density at radius 2 is 2.11 bits per heavy atom. The zero-order chi connectivity index (χ0) is 13.5. The number of carbonyl (C=O) groups is 1. The fourth-order valence-electron chi connectivity index (χ4n) is 1.52. The molecule has 0 unspecified atom stereocenters. The lowest BCUT2D eigenvalue weighted by molar-refractivity contribution is 0.0935. The highest BCUT2D eigenvalue weighted by molar-refractivity contribution is 6.42. The Hall–Kier alpha value is -1.08. The summed E-state index contributed by atoms with van der Waals surface area (Å²) in [5, 5.41) is 9.35. The summed E-state index contributed by atoms with van der Waals surface area (Å²) >= 11 is 11.7. The van der Waals surface area contributed by atoms with Crippen LogP contribution in [0.25, 0.3) is 0 Å². The van der Waals surface area contributed by atoms with Crippen molar-refractivity contribution >= 4 is 29.0 Å². The molecule has 0 aromatic heterocycles. The number of benzene rings is 1. The molecule has 0 radical (unpaired) electrons. The SMILES string of the molecule is CCN(CCC#N)CC(=O)c1ccc(Cl)c(Cl)c1. The third-order valence-electron chi connectivity index (χ3n) is 2.60. The maximum absolute atomic E-state index is 12.0. The second-order valence-electron chi connectivity index (χ2n) is 3.83. The predicted molar refractivity (Wildman–Crippen MR) is 73.1 cm³/mol. The molecule has 1 rings (SSSR count). The topological polar surface area (TPSA) is 44.1 Å². The van der Waals surface area contributed by atoms with Crippen LogP contribution in [0.15, 0.2) is 18.2 Å². The second kappa shape index (κ2) is 7.38. The lowest BCUT2D eigenvalue weighted by Gasteiger charge is -2.17. The molecule has 5 heteroatoms. The van der Waals surface area contributed by atoms with Crippen LogP contribution in [0.4, 0.5) is 0 Å². The largest absolute Gasteiger partial charge is 0.295 e. The van der Waals surface area contributed by atoms with Gasteiger partial charge in [-0.05, 0) is 24.7 Å². The van der Waals surface area contributed by atoms with Crippen molar-refractivity contribution < 1.29 is 4.79 Å². The first-order chi connectivity index (χ1) is 8.58. The zero-order valence-corrected chi connectivity index (χ0v) is 11.6. The molecule has 0 aliphatic heterocycles. The van der Waals surface area contributed by atoms with Crippen molar-refractivity contribution in [2.45, 2.75) is 13.3 Å². The molecule has 18 heavy (non-hydrogen) atoms. The molecule has 0 spiro atoms.